The van der Waals surface area contributed by atoms with Crippen LogP contribution < -0.4 is 5.32 Å². The van der Waals surface area contributed by atoms with Gasteiger partial charge in [0.1, 0.15) is 0 Å². The number of hydrogen-bond acceptors (Lipinski definition) is 3. The van der Waals surface area contributed by atoms with Crippen LogP contribution in [0.2, 0.25) is 0 Å². The van der Waals surface area contributed by atoms with Crippen molar-refractivity contribution < 1.29 is 18.0 Å². The van der Waals surface area contributed by atoms with Crippen molar-refractivity contribution in [3.05, 3.63) is 51.4 Å². The molecule has 0 bridgehead atoms. The van der Waals surface area contributed by atoms with Crippen LogP contribution in [-0.2, 0) is 11.0 Å². The van der Waals surface area contributed by atoms with E-state index in [-0.39, 0.29) is 5.78 Å². The summed E-state index contributed by atoms with van der Waals surface area (Å²) in [6.07, 6.45) is -0.334. The van der Waals surface area contributed by atoms with Gasteiger partial charge in [-0.3, -0.25) is 4.79 Å². The molecule has 1 saturated carbocycles. The summed E-state index contributed by atoms with van der Waals surface area (Å²) in [7, 11) is 1.67. The summed E-state index contributed by atoms with van der Waals surface area (Å²) in [5, 5.41) is 3.53. The van der Waals surface area contributed by atoms with E-state index in [0.717, 1.165) is 25.0 Å². The first kappa shape index (κ1) is 15.2. The van der Waals surface area contributed by atoms with Gasteiger partial charge in [-0.25, -0.2) is 0 Å². The van der Waals surface area contributed by atoms with Crippen LogP contribution in [0.15, 0.2) is 40.3 Å². The third-order valence-corrected chi connectivity index (χ3v) is 4.76. The molecule has 1 fully saturated rings. The fourth-order valence-corrected chi connectivity index (χ4v) is 3.40. The van der Waals surface area contributed by atoms with Crippen molar-refractivity contribution in [1.82, 2.24) is 5.32 Å². The highest BCUT2D eigenvalue weighted by Gasteiger charge is 2.34. The molecule has 2 nitrogen and oxygen atoms in total. The number of ketones is 1. The lowest BCUT2D eigenvalue weighted by Crippen LogP contribution is -2.08. The number of hydrogen-bond donors (Lipinski definition) is 1. The lowest BCUT2D eigenvalue weighted by Gasteiger charge is -2.09. The van der Waals surface area contributed by atoms with Crippen molar-refractivity contribution >= 4 is 23.1 Å². The minimum Gasteiger partial charge on any atom is -0.382 e. The number of halogens is 3. The molecule has 2 aliphatic rings. The van der Waals surface area contributed by atoms with Crippen LogP contribution in [0.25, 0.3) is 5.57 Å². The van der Waals surface area contributed by atoms with E-state index in [2.05, 4.69) is 5.32 Å². The van der Waals surface area contributed by atoms with Crippen molar-refractivity contribution in [2.75, 3.05) is 7.05 Å². The summed E-state index contributed by atoms with van der Waals surface area (Å²) in [6, 6.07) is 4.92. The van der Waals surface area contributed by atoms with E-state index in [1.165, 1.54) is 17.8 Å². The number of thioether (sulfide) groups is 1. The standard InChI is InChI=1S/C16H14F3NOS/c1-20-15-13(14(21)12(22-15)7-9-5-6-9)10-3-2-4-11(8-10)16(17,18)19/h2-4,7-9,20H,5-6H2,1H3. The zero-order valence-electron chi connectivity index (χ0n) is 11.8. The van der Waals surface area contributed by atoms with Crippen LogP contribution in [0, 0.1) is 5.92 Å². The van der Waals surface area contributed by atoms with E-state index in [4.69, 9.17) is 0 Å². The van der Waals surface area contributed by atoms with Gasteiger partial charge in [0, 0.05) is 7.05 Å². The normalized spacial score (nSPS) is 20.9. The first-order valence-corrected chi connectivity index (χ1v) is 7.76. The van der Waals surface area contributed by atoms with E-state index in [1.54, 1.807) is 13.1 Å². The SMILES string of the molecule is CNC1=C(c2cccc(C(F)(F)F)c2)C(=O)C(=CC2CC2)S1. The second-order valence-corrected chi connectivity index (χ2v) is 6.38. The zero-order valence-corrected chi connectivity index (χ0v) is 12.6. The molecule has 1 heterocycles. The van der Waals surface area contributed by atoms with Gasteiger partial charge in [0.05, 0.1) is 21.1 Å². The second kappa shape index (κ2) is 5.50. The number of alkyl halides is 3. The average molecular weight is 325 g/mol. The van der Waals surface area contributed by atoms with Crippen LogP contribution in [0.4, 0.5) is 13.2 Å². The largest absolute Gasteiger partial charge is 0.416 e. The van der Waals surface area contributed by atoms with Gasteiger partial charge < -0.3 is 5.32 Å². The number of carbonyl (C=O) groups excluding carboxylic acids is 1. The van der Waals surface area contributed by atoms with Crippen molar-refractivity contribution in [3.8, 4) is 0 Å². The highest BCUT2D eigenvalue weighted by atomic mass is 32.2. The molecule has 1 aromatic rings. The van der Waals surface area contributed by atoms with Crippen LogP contribution in [0.5, 0.6) is 0 Å². The summed E-state index contributed by atoms with van der Waals surface area (Å²) in [6.45, 7) is 0. The summed E-state index contributed by atoms with van der Waals surface area (Å²) < 4.78 is 38.6. The van der Waals surface area contributed by atoms with Crippen molar-refractivity contribution in [3.63, 3.8) is 0 Å². The van der Waals surface area contributed by atoms with Gasteiger partial charge >= 0.3 is 6.18 Å². The van der Waals surface area contributed by atoms with Crippen LogP contribution in [-0.4, -0.2) is 12.8 Å². The Balaban J connectivity index is 2.00. The summed E-state index contributed by atoms with van der Waals surface area (Å²) in [5.41, 5.74) is -0.119. The number of benzene rings is 1. The Morgan fingerprint density at radius 1 is 1.32 bits per heavy atom. The number of carbonyl (C=O) groups is 1. The molecule has 0 spiro atoms. The van der Waals surface area contributed by atoms with Crippen molar-refractivity contribution in [2.24, 2.45) is 5.92 Å². The Bertz CT molecular complexity index is 687. The molecule has 0 amide bonds. The molecule has 1 aromatic carbocycles. The third kappa shape index (κ3) is 2.92. The molecule has 1 N–H and O–H groups in total. The van der Waals surface area contributed by atoms with E-state index in [0.29, 0.717) is 27.0 Å². The van der Waals surface area contributed by atoms with Crippen LogP contribution in [0.1, 0.15) is 24.0 Å². The molecular formula is C16H14F3NOS. The van der Waals surface area contributed by atoms with Gasteiger partial charge in [-0.15, -0.1) is 0 Å². The zero-order chi connectivity index (χ0) is 15.9. The molecule has 0 atom stereocenters. The lowest BCUT2D eigenvalue weighted by atomic mass is 9.99. The molecule has 1 aliphatic heterocycles. The average Bonchev–Trinajstić information content (AvgIpc) is 3.23. The summed E-state index contributed by atoms with van der Waals surface area (Å²) in [5.74, 6) is 0.242. The number of rotatable bonds is 3. The summed E-state index contributed by atoms with van der Waals surface area (Å²) in [4.78, 5) is 13.1. The lowest BCUT2D eigenvalue weighted by molar-refractivity contribution is -0.137. The Labute approximate surface area is 130 Å². The maximum Gasteiger partial charge on any atom is 0.416 e. The predicted octanol–water partition coefficient (Wildman–Crippen LogP) is 4.20. The monoisotopic (exact) mass is 325 g/mol. The summed E-state index contributed by atoms with van der Waals surface area (Å²) >= 11 is 1.30. The Morgan fingerprint density at radius 2 is 2.05 bits per heavy atom. The predicted molar refractivity (Wildman–Crippen MR) is 80.8 cm³/mol. The van der Waals surface area contributed by atoms with Gasteiger partial charge in [-0.1, -0.05) is 30.0 Å². The molecule has 6 heteroatoms. The van der Waals surface area contributed by atoms with Gasteiger partial charge in [0.2, 0.25) is 5.78 Å². The molecular weight excluding hydrogens is 311 g/mol. The van der Waals surface area contributed by atoms with E-state index in [9.17, 15) is 18.0 Å². The van der Waals surface area contributed by atoms with Crippen LogP contribution in [0.3, 0.4) is 0 Å². The number of Topliss-reactive ketones (excluding diaryl/α,β-unsaturated/α-hetero) is 1. The van der Waals surface area contributed by atoms with E-state index < -0.39 is 11.7 Å². The number of allylic oxidation sites excluding steroid dienone is 3. The van der Waals surface area contributed by atoms with Gasteiger partial charge in [-0.2, -0.15) is 13.2 Å². The highest BCUT2D eigenvalue weighted by Crippen LogP contribution is 2.45. The van der Waals surface area contributed by atoms with Gasteiger partial charge in [0.15, 0.2) is 0 Å². The second-order valence-electron chi connectivity index (χ2n) is 5.33. The Kier molecular flexibility index (Phi) is 3.80. The first-order valence-electron chi connectivity index (χ1n) is 6.94. The van der Waals surface area contributed by atoms with Crippen molar-refractivity contribution in [2.45, 2.75) is 19.0 Å². The topological polar surface area (TPSA) is 29.1 Å². The fraction of sp³-hybridized carbons (Fsp3) is 0.312. The minimum absolute atomic E-state index is 0.194. The smallest absolute Gasteiger partial charge is 0.382 e. The van der Waals surface area contributed by atoms with E-state index >= 15 is 0 Å². The van der Waals surface area contributed by atoms with Gasteiger partial charge in [-0.05, 0) is 36.5 Å². The Hall–Kier alpha value is -1.69. The molecule has 116 valence electrons. The van der Waals surface area contributed by atoms with E-state index in [1.807, 2.05) is 6.08 Å². The molecule has 1 aliphatic carbocycles. The minimum atomic E-state index is -4.42. The highest BCUT2D eigenvalue weighted by molar-refractivity contribution is 8.08. The maximum atomic E-state index is 12.9. The Morgan fingerprint density at radius 3 is 2.64 bits per heavy atom. The quantitative estimate of drug-likeness (QED) is 0.845. The van der Waals surface area contributed by atoms with Crippen LogP contribution >= 0.6 is 11.8 Å². The number of nitrogens with one attached hydrogen (secondary N) is 1. The third-order valence-electron chi connectivity index (χ3n) is 3.60. The van der Waals surface area contributed by atoms with Crippen molar-refractivity contribution in [1.29, 1.82) is 0 Å². The molecule has 0 saturated heterocycles. The van der Waals surface area contributed by atoms with Gasteiger partial charge in [0.25, 0.3) is 0 Å². The molecule has 22 heavy (non-hydrogen) atoms. The molecule has 0 radical (unpaired) electrons. The molecule has 3 rings (SSSR count). The maximum absolute atomic E-state index is 12.9. The molecule has 0 aromatic heterocycles. The first-order chi connectivity index (χ1) is 10.4. The fourth-order valence-electron chi connectivity index (χ4n) is 2.31. The molecule has 0 unspecified atom stereocenters.